The van der Waals surface area contributed by atoms with Crippen LogP contribution in [0.15, 0.2) is 11.6 Å². The lowest BCUT2D eigenvalue weighted by Gasteiger charge is -2.13. The van der Waals surface area contributed by atoms with E-state index in [9.17, 15) is 4.79 Å². The smallest absolute Gasteiger partial charge is 0.328 e. The van der Waals surface area contributed by atoms with Crippen LogP contribution in [0, 0.1) is 0 Å². The van der Waals surface area contributed by atoms with Crippen molar-refractivity contribution in [1.29, 1.82) is 0 Å². The molecule has 2 N–H and O–H groups in total. The van der Waals surface area contributed by atoms with E-state index in [2.05, 4.69) is 5.32 Å². The van der Waals surface area contributed by atoms with Crippen molar-refractivity contribution in [2.75, 3.05) is 13.1 Å². The van der Waals surface area contributed by atoms with Gasteiger partial charge >= 0.3 is 5.97 Å². The summed E-state index contributed by atoms with van der Waals surface area (Å²) in [7, 11) is 0. The van der Waals surface area contributed by atoms with Gasteiger partial charge in [-0.25, -0.2) is 4.79 Å². The molecule has 1 rings (SSSR count). The Hall–Kier alpha value is -0.830. The molecule has 3 heteroatoms. The van der Waals surface area contributed by atoms with Gasteiger partial charge in [0, 0.05) is 6.08 Å². The average molecular weight is 141 g/mol. The number of carboxylic acid groups (broad SMARTS) is 1. The summed E-state index contributed by atoms with van der Waals surface area (Å²) in [5.74, 6) is -0.822. The van der Waals surface area contributed by atoms with Crippen LogP contribution in [-0.4, -0.2) is 24.2 Å². The van der Waals surface area contributed by atoms with E-state index >= 15 is 0 Å². The molecule has 0 bridgehead atoms. The standard InChI is InChI=1S/C7H11NO2/c9-7(10)5-6-1-3-8-4-2-6/h5,8H,1-4H2,(H,9,10). The molecule has 0 radical (unpaired) electrons. The number of nitrogens with one attached hydrogen (secondary N) is 1. The minimum atomic E-state index is -0.822. The number of piperidine rings is 1. The Morgan fingerprint density at radius 3 is 2.60 bits per heavy atom. The van der Waals surface area contributed by atoms with Crippen molar-refractivity contribution in [2.24, 2.45) is 0 Å². The van der Waals surface area contributed by atoms with Gasteiger partial charge in [0.05, 0.1) is 0 Å². The van der Waals surface area contributed by atoms with Gasteiger partial charge in [0.2, 0.25) is 0 Å². The second kappa shape index (κ2) is 3.37. The third-order valence-corrected chi connectivity index (χ3v) is 1.57. The van der Waals surface area contributed by atoms with Gasteiger partial charge in [-0.15, -0.1) is 0 Å². The quantitative estimate of drug-likeness (QED) is 0.519. The molecule has 3 nitrogen and oxygen atoms in total. The van der Waals surface area contributed by atoms with Crippen molar-refractivity contribution in [3.8, 4) is 0 Å². The van der Waals surface area contributed by atoms with Crippen LogP contribution in [0.3, 0.4) is 0 Å². The molecule has 1 aliphatic rings. The Kier molecular flexibility index (Phi) is 2.45. The molecule has 0 unspecified atom stereocenters. The SMILES string of the molecule is O=C(O)C=C1CCNCC1. The van der Waals surface area contributed by atoms with E-state index in [0.717, 1.165) is 31.5 Å². The highest BCUT2D eigenvalue weighted by Gasteiger charge is 2.04. The minimum absolute atomic E-state index is 0.822. The van der Waals surface area contributed by atoms with Crippen molar-refractivity contribution in [3.05, 3.63) is 11.6 Å². The minimum Gasteiger partial charge on any atom is -0.478 e. The van der Waals surface area contributed by atoms with E-state index in [1.807, 2.05) is 0 Å². The van der Waals surface area contributed by atoms with Gasteiger partial charge in [0.1, 0.15) is 0 Å². The molecule has 0 amide bonds. The average Bonchev–Trinajstić information content (AvgIpc) is 1.88. The zero-order chi connectivity index (χ0) is 7.40. The summed E-state index contributed by atoms with van der Waals surface area (Å²) >= 11 is 0. The molecule has 0 aliphatic carbocycles. The van der Waals surface area contributed by atoms with Crippen LogP contribution in [0.5, 0.6) is 0 Å². The van der Waals surface area contributed by atoms with Gasteiger partial charge in [0.25, 0.3) is 0 Å². The number of carboxylic acids is 1. The largest absolute Gasteiger partial charge is 0.478 e. The second-order valence-electron chi connectivity index (χ2n) is 2.39. The van der Waals surface area contributed by atoms with Gasteiger partial charge in [-0.3, -0.25) is 0 Å². The van der Waals surface area contributed by atoms with Crippen molar-refractivity contribution < 1.29 is 9.90 Å². The Labute approximate surface area is 59.7 Å². The molecule has 0 aromatic rings. The van der Waals surface area contributed by atoms with Crippen LogP contribution in [0.1, 0.15) is 12.8 Å². The topological polar surface area (TPSA) is 49.3 Å². The number of aliphatic carboxylic acids is 1. The molecule has 10 heavy (non-hydrogen) atoms. The first-order valence-electron chi connectivity index (χ1n) is 3.42. The normalized spacial score (nSPS) is 18.6. The van der Waals surface area contributed by atoms with Gasteiger partial charge in [-0.2, -0.15) is 0 Å². The van der Waals surface area contributed by atoms with E-state index in [1.54, 1.807) is 0 Å². The van der Waals surface area contributed by atoms with Crippen LogP contribution < -0.4 is 5.32 Å². The van der Waals surface area contributed by atoms with Crippen molar-refractivity contribution in [3.63, 3.8) is 0 Å². The number of hydrogen-bond donors (Lipinski definition) is 2. The van der Waals surface area contributed by atoms with Crippen LogP contribution in [0.4, 0.5) is 0 Å². The predicted molar refractivity (Wildman–Crippen MR) is 37.8 cm³/mol. The fourth-order valence-electron chi connectivity index (χ4n) is 1.07. The fourth-order valence-corrected chi connectivity index (χ4v) is 1.07. The molecule has 0 spiro atoms. The first-order chi connectivity index (χ1) is 4.79. The Morgan fingerprint density at radius 2 is 2.10 bits per heavy atom. The second-order valence-corrected chi connectivity index (χ2v) is 2.39. The molecular formula is C7H11NO2. The first kappa shape index (κ1) is 7.28. The van der Waals surface area contributed by atoms with Gasteiger partial charge in [0.15, 0.2) is 0 Å². The summed E-state index contributed by atoms with van der Waals surface area (Å²) in [6.45, 7) is 1.83. The molecule has 0 aromatic heterocycles. The van der Waals surface area contributed by atoms with Crippen LogP contribution in [0.2, 0.25) is 0 Å². The summed E-state index contributed by atoms with van der Waals surface area (Å²) < 4.78 is 0. The Bertz CT molecular complexity index is 155. The molecule has 0 saturated carbocycles. The van der Waals surface area contributed by atoms with Crippen molar-refractivity contribution in [2.45, 2.75) is 12.8 Å². The maximum atomic E-state index is 10.2. The molecule has 56 valence electrons. The molecule has 0 aromatic carbocycles. The Balaban J connectivity index is 2.45. The van der Waals surface area contributed by atoms with Crippen molar-refractivity contribution >= 4 is 5.97 Å². The summed E-state index contributed by atoms with van der Waals surface area (Å²) in [5, 5.41) is 11.5. The highest BCUT2D eigenvalue weighted by molar-refractivity contribution is 5.80. The zero-order valence-electron chi connectivity index (χ0n) is 5.76. The van der Waals surface area contributed by atoms with Crippen LogP contribution in [0.25, 0.3) is 0 Å². The van der Waals surface area contributed by atoms with Crippen LogP contribution in [-0.2, 0) is 4.79 Å². The fraction of sp³-hybridized carbons (Fsp3) is 0.571. The predicted octanol–water partition coefficient (Wildman–Crippen LogP) is 0.381. The maximum absolute atomic E-state index is 10.2. The molecule has 1 heterocycles. The molecule has 1 saturated heterocycles. The van der Waals surface area contributed by atoms with Crippen LogP contribution >= 0.6 is 0 Å². The number of hydrogen-bond acceptors (Lipinski definition) is 2. The number of carbonyl (C=O) groups is 1. The summed E-state index contributed by atoms with van der Waals surface area (Å²) in [5.41, 5.74) is 1.05. The summed E-state index contributed by atoms with van der Waals surface area (Å²) in [6, 6.07) is 0. The highest BCUT2D eigenvalue weighted by Crippen LogP contribution is 2.08. The number of rotatable bonds is 1. The molecule has 0 atom stereocenters. The van der Waals surface area contributed by atoms with Gasteiger partial charge in [-0.1, -0.05) is 5.57 Å². The van der Waals surface area contributed by atoms with Crippen molar-refractivity contribution in [1.82, 2.24) is 5.32 Å². The van der Waals surface area contributed by atoms with E-state index in [-0.39, 0.29) is 0 Å². The molecule has 1 aliphatic heterocycles. The van der Waals surface area contributed by atoms with E-state index in [4.69, 9.17) is 5.11 Å². The van der Waals surface area contributed by atoms with E-state index < -0.39 is 5.97 Å². The zero-order valence-corrected chi connectivity index (χ0v) is 5.76. The third kappa shape index (κ3) is 2.19. The molecule has 1 fully saturated rings. The Morgan fingerprint density at radius 1 is 1.50 bits per heavy atom. The molecular weight excluding hydrogens is 130 g/mol. The maximum Gasteiger partial charge on any atom is 0.328 e. The summed E-state index contributed by atoms with van der Waals surface area (Å²) in [6.07, 6.45) is 3.08. The van der Waals surface area contributed by atoms with E-state index in [0.29, 0.717) is 0 Å². The highest BCUT2D eigenvalue weighted by atomic mass is 16.4. The lowest BCUT2D eigenvalue weighted by atomic mass is 10.1. The lowest BCUT2D eigenvalue weighted by molar-refractivity contribution is -0.131. The monoisotopic (exact) mass is 141 g/mol. The van der Waals surface area contributed by atoms with Gasteiger partial charge in [-0.05, 0) is 25.9 Å². The first-order valence-corrected chi connectivity index (χ1v) is 3.42. The third-order valence-electron chi connectivity index (χ3n) is 1.57. The lowest BCUT2D eigenvalue weighted by Crippen LogP contribution is -2.23. The van der Waals surface area contributed by atoms with E-state index in [1.165, 1.54) is 6.08 Å². The summed E-state index contributed by atoms with van der Waals surface area (Å²) in [4.78, 5) is 10.2. The van der Waals surface area contributed by atoms with Gasteiger partial charge < -0.3 is 10.4 Å².